The van der Waals surface area contributed by atoms with Gasteiger partial charge in [-0.05, 0) is 45.2 Å². The molecule has 0 radical (unpaired) electrons. The molecule has 0 fully saturated rings. The average Bonchev–Trinajstić information content (AvgIpc) is 2.37. The van der Waals surface area contributed by atoms with Gasteiger partial charge in [0.05, 0.1) is 5.69 Å². The van der Waals surface area contributed by atoms with Crippen molar-refractivity contribution in [2.45, 2.75) is 59.0 Å². The van der Waals surface area contributed by atoms with E-state index in [1.807, 2.05) is 6.92 Å². The zero-order chi connectivity index (χ0) is 13.4. The summed E-state index contributed by atoms with van der Waals surface area (Å²) in [6, 6.07) is 3.91. The first-order valence-electron chi connectivity index (χ1n) is 6.95. The molecule has 0 saturated carbocycles. The maximum Gasteiger partial charge on any atom is 0.266 e. The Bertz CT molecular complexity index is 400. The van der Waals surface area contributed by atoms with E-state index < -0.39 is 0 Å². The summed E-state index contributed by atoms with van der Waals surface area (Å²) in [5.41, 5.74) is 0.890. The van der Waals surface area contributed by atoms with E-state index in [9.17, 15) is 4.79 Å². The second-order valence-corrected chi connectivity index (χ2v) is 4.74. The van der Waals surface area contributed by atoms with E-state index in [0.29, 0.717) is 12.6 Å². The van der Waals surface area contributed by atoms with Crippen molar-refractivity contribution in [3.05, 3.63) is 28.2 Å². The molecule has 0 aliphatic carbocycles. The zero-order valence-corrected chi connectivity index (χ0v) is 11.8. The molecule has 0 aromatic carbocycles. The van der Waals surface area contributed by atoms with E-state index in [-0.39, 0.29) is 5.56 Å². The number of nitrogens with one attached hydrogen (secondary N) is 1. The van der Waals surface area contributed by atoms with E-state index in [0.717, 1.165) is 37.9 Å². The van der Waals surface area contributed by atoms with Gasteiger partial charge in [0.25, 0.3) is 5.56 Å². The molecule has 0 aliphatic heterocycles. The quantitative estimate of drug-likeness (QED) is 0.769. The molecule has 1 rings (SSSR count). The summed E-state index contributed by atoms with van der Waals surface area (Å²) in [6.45, 7) is 8.07. The van der Waals surface area contributed by atoms with Crippen molar-refractivity contribution in [1.82, 2.24) is 15.1 Å². The van der Waals surface area contributed by atoms with Crippen LogP contribution in [0.1, 0.15) is 45.2 Å². The molecule has 4 nitrogen and oxygen atoms in total. The smallest absolute Gasteiger partial charge is 0.266 e. The van der Waals surface area contributed by atoms with Crippen molar-refractivity contribution in [3.8, 4) is 0 Å². The van der Waals surface area contributed by atoms with Crippen LogP contribution in [0.4, 0.5) is 0 Å². The Morgan fingerprint density at radius 3 is 2.83 bits per heavy atom. The van der Waals surface area contributed by atoms with E-state index >= 15 is 0 Å². The van der Waals surface area contributed by atoms with Gasteiger partial charge in [0.2, 0.25) is 0 Å². The molecule has 0 spiro atoms. The third kappa shape index (κ3) is 5.00. The van der Waals surface area contributed by atoms with E-state index in [2.05, 4.69) is 24.3 Å². The lowest BCUT2D eigenvalue weighted by Gasteiger charge is -2.16. The summed E-state index contributed by atoms with van der Waals surface area (Å²) < 4.78 is 1.57. The SMILES string of the molecule is CCCNC(CC)CCCn1nc(C)ccc1=O. The van der Waals surface area contributed by atoms with Gasteiger partial charge in [-0.2, -0.15) is 5.10 Å². The topological polar surface area (TPSA) is 46.9 Å². The number of rotatable bonds is 8. The van der Waals surface area contributed by atoms with Crippen LogP contribution in [-0.2, 0) is 6.54 Å². The number of aromatic nitrogens is 2. The first-order valence-corrected chi connectivity index (χ1v) is 6.95. The maximum absolute atomic E-state index is 11.6. The summed E-state index contributed by atoms with van der Waals surface area (Å²) >= 11 is 0. The van der Waals surface area contributed by atoms with Crippen molar-refractivity contribution in [3.63, 3.8) is 0 Å². The summed E-state index contributed by atoms with van der Waals surface area (Å²) in [5.74, 6) is 0. The normalized spacial score (nSPS) is 12.6. The van der Waals surface area contributed by atoms with Crippen molar-refractivity contribution in [2.75, 3.05) is 6.54 Å². The fraction of sp³-hybridized carbons (Fsp3) is 0.714. The van der Waals surface area contributed by atoms with Crippen LogP contribution < -0.4 is 10.9 Å². The van der Waals surface area contributed by atoms with Crippen LogP contribution in [0.5, 0.6) is 0 Å². The molecule has 1 aromatic rings. The molecular formula is C14H25N3O. The van der Waals surface area contributed by atoms with Gasteiger partial charge in [-0.15, -0.1) is 0 Å². The summed E-state index contributed by atoms with van der Waals surface area (Å²) in [5, 5.41) is 7.76. The number of hydrogen-bond donors (Lipinski definition) is 1. The van der Waals surface area contributed by atoms with Crippen LogP contribution in [0.25, 0.3) is 0 Å². The minimum atomic E-state index is -0.00448. The fourth-order valence-electron chi connectivity index (χ4n) is 2.00. The molecule has 1 unspecified atom stereocenters. The fourth-order valence-corrected chi connectivity index (χ4v) is 2.00. The average molecular weight is 251 g/mol. The van der Waals surface area contributed by atoms with Crippen molar-refractivity contribution in [1.29, 1.82) is 0 Å². The minimum absolute atomic E-state index is 0.00448. The second-order valence-electron chi connectivity index (χ2n) is 4.74. The molecule has 1 N–H and O–H groups in total. The Kier molecular flexibility index (Phi) is 6.65. The first kappa shape index (κ1) is 14.9. The maximum atomic E-state index is 11.6. The van der Waals surface area contributed by atoms with Crippen molar-refractivity contribution in [2.24, 2.45) is 0 Å². The molecule has 0 saturated heterocycles. The predicted octanol–water partition coefficient (Wildman–Crippen LogP) is 2.11. The monoisotopic (exact) mass is 251 g/mol. The summed E-state index contributed by atoms with van der Waals surface area (Å²) in [7, 11) is 0. The third-order valence-corrected chi connectivity index (χ3v) is 3.10. The molecule has 4 heteroatoms. The van der Waals surface area contributed by atoms with Crippen LogP contribution in [-0.4, -0.2) is 22.4 Å². The van der Waals surface area contributed by atoms with Gasteiger partial charge in [0.15, 0.2) is 0 Å². The van der Waals surface area contributed by atoms with Gasteiger partial charge in [-0.1, -0.05) is 13.8 Å². The van der Waals surface area contributed by atoms with Crippen LogP contribution in [0, 0.1) is 6.92 Å². The van der Waals surface area contributed by atoms with E-state index in [1.165, 1.54) is 0 Å². The van der Waals surface area contributed by atoms with E-state index in [4.69, 9.17) is 0 Å². The molecule has 1 aromatic heterocycles. The molecule has 1 heterocycles. The van der Waals surface area contributed by atoms with E-state index in [1.54, 1.807) is 16.8 Å². The number of aryl methyl sites for hydroxylation is 2. The molecule has 0 amide bonds. The standard InChI is InChI=1S/C14H25N3O/c1-4-10-15-13(5-2)7-6-11-17-14(18)9-8-12(3)16-17/h8-9,13,15H,4-7,10-11H2,1-3H3. The molecular weight excluding hydrogens is 226 g/mol. The Hall–Kier alpha value is -1.16. The number of nitrogens with zero attached hydrogens (tertiary/aromatic N) is 2. The summed E-state index contributed by atoms with van der Waals surface area (Å²) in [6.07, 6.45) is 4.38. The number of hydrogen-bond acceptors (Lipinski definition) is 3. The van der Waals surface area contributed by atoms with Crippen molar-refractivity contribution < 1.29 is 0 Å². The Morgan fingerprint density at radius 2 is 2.17 bits per heavy atom. The lowest BCUT2D eigenvalue weighted by molar-refractivity contribution is 0.425. The third-order valence-electron chi connectivity index (χ3n) is 3.10. The minimum Gasteiger partial charge on any atom is -0.314 e. The lowest BCUT2D eigenvalue weighted by Crippen LogP contribution is -2.30. The molecule has 102 valence electrons. The van der Waals surface area contributed by atoms with Crippen LogP contribution in [0.15, 0.2) is 16.9 Å². The van der Waals surface area contributed by atoms with Gasteiger partial charge >= 0.3 is 0 Å². The highest BCUT2D eigenvalue weighted by Gasteiger charge is 2.05. The van der Waals surface area contributed by atoms with Crippen LogP contribution >= 0.6 is 0 Å². The molecule has 0 bridgehead atoms. The van der Waals surface area contributed by atoms with Gasteiger partial charge < -0.3 is 5.32 Å². The summed E-state index contributed by atoms with van der Waals surface area (Å²) in [4.78, 5) is 11.6. The van der Waals surface area contributed by atoms with Gasteiger partial charge in [0, 0.05) is 18.7 Å². The Morgan fingerprint density at radius 1 is 1.39 bits per heavy atom. The van der Waals surface area contributed by atoms with Crippen LogP contribution in [0.2, 0.25) is 0 Å². The second kappa shape index (κ2) is 8.03. The predicted molar refractivity (Wildman–Crippen MR) is 74.8 cm³/mol. The largest absolute Gasteiger partial charge is 0.314 e. The van der Waals surface area contributed by atoms with Crippen LogP contribution in [0.3, 0.4) is 0 Å². The van der Waals surface area contributed by atoms with Gasteiger partial charge in [-0.3, -0.25) is 4.79 Å². The molecule has 1 atom stereocenters. The highest BCUT2D eigenvalue weighted by atomic mass is 16.1. The lowest BCUT2D eigenvalue weighted by atomic mass is 10.1. The van der Waals surface area contributed by atoms with Gasteiger partial charge in [0.1, 0.15) is 0 Å². The molecule has 0 aliphatic rings. The molecule has 18 heavy (non-hydrogen) atoms. The highest BCUT2D eigenvalue weighted by Crippen LogP contribution is 2.03. The highest BCUT2D eigenvalue weighted by molar-refractivity contribution is 4.96. The zero-order valence-electron chi connectivity index (χ0n) is 11.8. The van der Waals surface area contributed by atoms with Crippen molar-refractivity contribution >= 4 is 0 Å². The first-order chi connectivity index (χ1) is 8.67. The van der Waals surface area contributed by atoms with Gasteiger partial charge in [-0.25, -0.2) is 4.68 Å². The Labute approximate surface area is 109 Å². The Balaban J connectivity index is 2.40.